The van der Waals surface area contributed by atoms with E-state index in [4.69, 9.17) is 4.74 Å². The van der Waals surface area contributed by atoms with E-state index >= 15 is 0 Å². The van der Waals surface area contributed by atoms with Gasteiger partial charge in [0.05, 0.1) is 7.11 Å². The van der Waals surface area contributed by atoms with Gasteiger partial charge in [-0.05, 0) is 12.1 Å². The zero-order chi connectivity index (χ0) is 11.7. The molecule has 2 N–H and O–H groups in total. The number of hydrogen-bond donors (Lipinski definition) is 2. The highest BCUT2D eigenvalue weighted by Gasteiger charge is 2.18. The third-order valence-electron chi connectivity index (χ3n) is 2.40. The third kappa shape index (κ3) is 1.67. The second kappa shape index (κ2) is 4.17. The zero-order valence-electron chi connectivity index (χ0n) is 8.93. The van der Waals surface area contributed by atoms with Crippen molar-refractivity contribution in [2.75, 3.05) is 19.5 Å². The van der Waals surface area contributed by atoms with Gasteiger partial charge in [-0.3, -0.25) is 0 Å². The van der Waals surface area contributed by atoms with E-state index in [1.807, 2.05) is 18.2 Å². The average Bonchev–Trinajstić information content (AvgIpc) is 2.65. The molecule has 0 bridgehead atoms. The van der Waals surface area contributed by atoms with Crippen LogP contribution in [0.2, 0.25) is 0 Å². The molecule has 1 aromatic carbocycles. The average molecular weight is 283 g/mol. The lowest BCUT2D eigenvalue weighted by molar-refractivity contribution is 0.0604. The minimum absolute atomic E-state index is 0.349. The normalized spacial score (nSPS) is 10.4. The number of methoxy groups -OCH3 is 1. The topological polar surface area (TPSA) is 54.1 Å². The van der Waals surface area contributed by atoms with Crippen LogP contribution in [0.25, 0.3) is 10.9 Å². The number of anilines is 1. The van der Waals surface area contributed by atoms with Gasteiger partial charge in [0.1, 0.15) is 11.4 Å². The zero-order valence-corrected chi connectivity index (χ0v) is 10.5. The fourth-order valence-electron chi connectivity index (χ4n) is 1.67. The second-order valence-electron chi connectivity index (χ2n) is 3.31. The fraction of sp³-hybridized carbons (Fsp3) is 0.182. The van der Waals surface area contributed by atoms with E-state index in [2.05, 4.69) is 26.2 Å². The van der Waals surface area contributed by atoms with Gasteiger partial charge in [-0.2, -0.15) is 0 Å². The van der Waals surface area contributed by atoms with Gasteiger partial charge in [0.15, 0.2) is 0 Å². The van der Waals surface area contributed by atoms with Crippen molar-refractivity contribution in [2.45, 2.75) is 0 Å². The molecule has 5 heteroatoms. The molecule has 0 radical (unpaired) electrons. The lowest BCUT2D eigenvalue weighted by Gasteiger charge is -2.01. The molecule has 4 nitrogen and oxygen atoms in total. The molecule has 0 saturated carbocycles. The first-order chi connectivity index (χ1) is 7.67. The van der Waals surface area contributed by atoms with E-state index in [1.54, 1.807) is 7.05 Å². The number of carbonyl (C=O) groups excluding carboxylic acids is 1. The summed E-state index contributed by atoms with van der Waals surface area (Å²) in [4.78, 5) is 14.8. The highest BCUT2D eigenvalue weighted by Crippen LogP contribution is 2.28. The minimum Gasteiger partial charge on any atom is -0.465 e. The summed E-state index contributed by atoms with van der Waals surface area (Å²) < 4.78 is 5.72. The van der Waals surface area contributed by atoms with Gasteiger partial charge in [-0.15, -0.1) is 0 Å². The first-order valence-electron chi connectivity index (χ1n) is 4.74. The van der Waals surface area contributed by atoms with E-state index in [9.17, 15) is 4.79 Å². The van der Waals surface area contributed by atoms with Crippen LogP contribution in [0.4, 0.5) is 5.82 Å². The second-order valence-corrected chi connectivity index (χ2v) is 4.22. The Labute approximate surface area is 101 Å². The molecule has 1 aromatic heterocycles. The largest absolute Gasteiger partial charge is 0.465 e. The van der Waals surface area contributed by atoms with Crippen molar-refractivity contribution in [1.29, 1.82) is 0 Å². The van der Waals surface area contributed by atoms with Gasteiger partial charge in [-0.25, -0.2) is 4.79 Å². The number of esters is 1. The predicted molar refractivity (Wildman–Crippen MR) is 66.9 cm³/mol. The van der Waals surface area contributed by atoms with Gasteiger partial charge in [0.25, 0.3) is 0 Å². The Kier molecular flexibility index (Phi) is 2.87. The van der Waals surface area contributed by atoms with Crippen LogP contribution in [0.3, 0.4) is 0 Å². The van der Waals surface area contributed by atoms with Crippen LogP contribution in [-0.2, 0) is 4.74 Å². The van der Waals surface area contributed by atoms with Crippen LogP contribution in [0.5, 0.6) is 0 Å². The Morgan fingerprint density at radius 1 is 1.50 bits per heavy atom. The minimum atomic E-state index is -0.349. The summed E-state index contributed by atoms with van der Waals surface area (Å²) in [5.74, 6) is 0.317. The summed E-state index contributed by atoms with van der Waals surface area (Å²) in [6, 6.07) is 5.69. The number of benzene rings is 1. The smallest absolute Gasteiger partial charge is 0.342 e. The highest BCUT2D eigenvalue weighted by atomic mass is 79.9. The number of H-pyrrole nitrogens is 1. The first kappa shape index (κ1) is 11.0. The molecule has 84 valence electrons. The Morgan fingerprint density at radius 2 is 2.25 bits per heavy atom. The number of nitrogens with one attached hydrogen (secondary N) is 2. The molecule has 2 aromatic rings. The molecule has 16 heavy (non-hydrogen) atoms. The summed E-state index contributed by atoms with van der Waals surface area (Å²) in [7, 11) is 3.13. The maximum Gasteiger partial charge on any atom is 0.342 e. The number of hydrogen-bond acceptors (Lipinski definition) is 3. The van der Waals surface area contributed by atoms with E-state index in [1.165, 1.54) is 7.11 Å². The Balaban J connectivity index is 2.73. The molecule has 0 atom stereocenters. The number of ether oxygens (including phenoxy) is 1. The summed E-state index contributed by atoms with van der Waals surface area (Å²) in [5.41, 5.74) is 1.42. The van der Waals surface area contributed by atoms with Crippen LogP contribution < -0.4 is 5.32 Å². The van der Waals surface area contributed by atoms with Crippen molar-refractivity contribution < 1.29 is 9.53 Å². The highest BCUT2D eigenvalue weighted by molar-refractivity contribution is 9.10. The maximum absolute atomic E-state index is 11.7. The molecule has 0 amide bonds. The van der Waals surface area contributed by atoms with Gasteiger partial charge in [0, 0.05) is 22.4 Å². The van der Waals surface area contributed by atoms with Gasteiger partial charge in [0.2, 0.25) is 0 Å². The van der Waals surface area contributed by atoms with Gasteiger partial charge >= 0.3 is 5.97 Å². The van der Waals surface area contributed by atoms with Crippen LogP contribution >= 0.6 is 15.9 Å². The molecule has 1 heterocycles. The number of aromatic nitrogens is 1. The van der Waals surface area contributed by atoms with Crippen LogP contribution in [0, 0.1) is 0 Å². The molecule has 2 rings (SSSR count). The molecular formula is C11H11BrN2O2. The molecule has 0 unspecified atom stereocenters. The molecule has 0 aliphatic heterocycles. The number of aromatic amines is 1. The van der Waals surface area contributed by atoms with Crippen molar-refractivity contribution in [3.05, 3.63) is 28.2 Å². The van der Waals surface area contributed by atoms with Crippen molar-refractivity contribution in [3.63, 3.8) is 0 Å². The maximum atomic E-state index is 11.7. The summed E-state index contributed by atoms with van der Waals surface area (Å²) >= 11 is 3.39. The van der Waals surface area contributed by atoms with Crippen molar-refractivity contribution in [3.8, 4) is 0 Å². The van der Waals surface area contributed by atoms with E-state index in [0.29, 0.717) is 11.4 Å². The summed E-state index contributed by atoms with van der Waals surface area (Å²) in [5, 5.41) is 3.79. The SMILES string of the molecule is CNc1[nH]c2cc(Br)ccc2c1C(=O)OC. The van der Waals surface area contributed by atoms with E-state index < -0.39 is 0 Å². The van der Waals surface area contributed by atoms with Crippen LogP contribution in [0.15, 0.2) is 22.7 Å². The molecule has 0 aliphatic carbocycles. The summed E-state index contributed by atoms with van der Waals surface area (Å²) in [6.45, 7) is 0. The summed E-state index contributed by atoms with van der Waals surface area (Å²) in [6.07, 6.45) is 0. The van der Waals surface area contributed by atoms with Gasteiger partial charge < -0.3 is 15.0 Å². The first-order valence-corrected chi connectivity index (χ1v) is 5.54. The molecule has 0 aliphatic rings. The van der Waals surface area contributed by atoms with E-state index in [0.717, 1.165) is 15.4 Å². The Hall–Kier alpha value is -1.49. The van der Waals surface area contributed by atoms with Crippen LogP contribution in [-0.4, -0.2) is 25.1 Å². The predicted octanol–water partition coefficient (Wildman–Crippen LogP) is 2.76. The standard InChI is InChI=1S/C11H11BrN2O2/c1-13-10-9(11(15)16-2)7-4-3-6(12)5-8(7)14-10/h3-5,13-14H,1-2H3. The van der Waals surface area contributed by atoms with Crippen LogP contribution in [0.1, 0.15) is 10.4 Å². The third-order valence-corrected chi connectivity index (χ3v) is 2.89. The molecule has 0 spiro atoms. The number of rotatable bonds is 2. The fourth-order valence-corrected chi connectivity index (χ4v) is 2.03. The monoisotopic (exact) mass is 282 g/mol. The lowest BCUT2D eigenvalue weighted by atomic mass is 10.1. The molecule has 0 fully saturated rings. The quantitative estimate of drug-likeness (QED) is 0.833. The van der Waals surface area contributed by atoms with E-state index in [-0.39, 0.29) is 5.97 Å². The number of fused-ring (bicyclic) bond motifs is 1. The van der Waals surface area contributed by atoms with Crippen molar-refractivity contribution >= 4 is 38.6 Å². The Bertz CT molecular complexity index is 548. The number of halogens is 1. The molecular weight excluding hydrogens is 272 g/mol. The Morgan fingerprint density at radius 3 is 2.88 bits per heavy atom. The molecule has 0 saturated heterocycles. The van der Waals surface area contributed by atoms with Gasteiger partial charge in [-0.1, -0.05) is 22.0 Å². The lowest BCUT2D eigenvalue weighted by Crippen LogP contribution is -2.04. The van der Waals surface area contributed by atoms with Crippen molar-refractivity contribution in [1.82, 2.24) is 4.98 Å². The van der Waals surface area contributed by atoms with Crippen molar-refractivity contribution in [2.24, 2.45) is 0 Å². The number of carbonyl (C=O) groups is 1.